The second kappa shape index (κ2) is 25.4. The summed E-state index contributed by atoms with van der Waals surface area (Å²) in [7, 11) is 1.54. The first kappa shape index (κ1) is 52.5. The summed E-state index contributed by atoms with van der Waals surface area (Å²) in [4.78, 5) is 94.8. The minimum atomic E-state index is -1.17. The topological polar surface area (TPSA) is 236 Å². The zero-order chi connectivity index (χ0) is 47.5. The van der Waals surface area contributed by atoms with Crippen LogP contribution in [0.1, 0.15) is 111 Å². The van der Waals surface area contributed by atoms with Crippen LogP contribution >= 0.6 is 0 Å². The number of amides is 8. The molecule has 0 bridgehead atoms. The molecule has 3 rings (SSSR count). The largest absolute Gasteiger partial charge is 0.465 e. The molecule has 1 saturated heterocycles. The van der Waals surface area contributed by atoms with Crippen LogP contribution in [0.2, 0.25) is 0 Å². The SMILES string of the molecule is CNC(=O)NC1CCN(C(=O)[C@@H](CCCCCC(C)(C)NC(=O)O)NC(=O)[C@@H](CC(C)C)NC(=O)[C@@H](Cc2ccccc2)NC(=O)[C@@H](Cc2ccccc2)NC(=O)OC(C)(C)C)CC1. The molecule has 17 heteroatoms. The highest BCUT2D eigenvalue weighted by Gasteiger charge is 2.35. The number of hydrogen-bond donors (Lipinski definition) is 8. The highest BCUT2D eigenvalue weighted by atomic mass is 16.6. The molecular weight excluding hydrogens is 821 g/mol. The molecule has 8 N–H and O–H groups in total. The number of benzene rings is 2. The van der Waals surface area contributed by atoms with Crippen molar-refractivity contribution in [2.75, 3.05) is 20.1 Å². The van der Waals surface area contributed by atoms with Crippen molar-refractivity contribution in [3.8, 4) is 0 Å². The van der Waals surface area contributed by atoms with Crippen LogP contribution in [0.4, 0.5) is 14.4 Å². The molecule has 64 heavy (non-hydrogen) atoms. The molecule has 0 unspecified atom stereocenters. The fourth-order valence-electron chi connectivity index (χ4n) is 7.51. The number of urea groups is 1. The van der Waals surface area contributed by atoms with Crippen LogP contribution < -0.4 is 37.2 Å². The molecule has 2 aromatic rings. The van der Waals surface area contributed by atoms with E-state index in [0.717, 1.165) is 11.1 Å². The highest BCUT2D eigenvalue weighted by molar-refractivity contribution is 5.95. The summed E-state index contributed by atoms with van der Waals surface area (Å²) in [5.74, 6) is -2.14. The van der Waals surface area contributed by atoms with Crippen molar-refractivity contribution in [1.29, 1.82) is 0 Å². The summed E-state index contributed by atoms with van der Waals surface area (Å²) in [5, 5.41) is 28.5. The smallest absolute Gasteiger partial charge is 0.408 e. The van der Waals surface area contributed by atoms with Gasteiger partial charge in [-0.3, -0.25) is 19.2 Å². The molecule has 354 valence electrons. The molecule has 1 heterocycles. The van der Waals surface area contributed by atoms with Gasteiger partial charge in [0.05, 0.1) is 0 Å². The van der Waals surface area contributed by atoms with E-state index >= 15 is 0 Å². The lowest BCUT2D eigenvalue weighted by Gasteiger charge is -2.35. The Bertz CT molecular complexity index is 1830. The molecule has 1 aliphatic heterocycles. The maximum atomic E-state index is 14.4. The van der Waals surface area contributed by atoms with E-state index in [2.05, 4.69) is 37.2 Å². The van der Waals surface area contributed by atoms with Gasteiger partial charge >= 0.3 is 18.2 Å². The van der Waals surface area contributed by atoms with Crippen LogP contribution in [0.15, 0.2) is 60.7 Å². The number of unbranched alkanes of at least 4 members (excludes halogenated alkanes) is 2. The lowest BCUT2D eigenvalue weighted by molar-refractivity contribution is -0.138. The van der Waals surface area contributed by atoms with Gasteiger partial charge in [0, 0.05) is 44.6 Å². The number of piperidine rings is 1. The molecular formula is C47H72N8O9. The van der Waals surface area contributed by atoms with Crippen molar-refractivity contribution in [3.63, 3.8) is 0 Å². The normalized spacial score (nSPS) is 15.1. The first-order chi connectivity index (χ1) is 30.1. The van der Waals surface area contributed by atoms with E-state index in [1.165, 1.54) is 7.05 Å². The monoisotopic (exact) mass is 893 g/mol. The molecule has 0 spiro atoms. The van der Waals surface area contributed by atoms with Gasteiger partial charge in [0.25, 0.3) is 0 Å². The average Bonchev–Trinajstić information content (AvgIpc) is 3.21. The van der Waals surface area contributed by atoms with Crippen molar-refractivity contribution in [1.82, 2.24) is 42.1 Å². The highest BCUT2D eigenvalue weighted by Crippen LogP contribution is 2.19. The maximum absolute atomic E-state index is 14.4. The Morgan fingerprint density at radius 2 is 1.20 bits per heavy atom. The molecule has 1 fully saturated rings. The summed E-state index contributed by atoms with van der Waals surface area (Å²) in [6.45, 7) is 13.3. The molecule has 1 aliphatic rings. The zero-order valence-corrected chi connectivity index (χ0v) is 38.9. The van der Waals surface area contributed by atoms with E-state index in [0.29, 0.717) is 58.0 Å². The fraction of sp³-hybridized carbons (Fsp3) is 0.596. The number of carbonyl (C=O) groups excluding carboxylic acids is 6. The van der Waals surface area contributed by atoms with Gasteiger partial charge in [0.1, 0.15) is 29.8 Å². The minimum Gasteiger partial charge on any atom is -0.465 e. The zero-order valence-electron chi connectivity index (χ0n) is 38.9. The quantitative estimate of drug-likeness (QED) is 0.0759. The van der Waals surface area contributed by atoms with Crippen LogP contribution in [-0.4, -0.2) is 113 Å². The van der Waals surface area contributed by atoms with Gasteiger partial charge in [-0.2, -0.15) is 0 Å². The number of hydrogen-bond acceptors (Lipinski definition) is 8. The van der Waals surface area contributed by atoms with Crippen molar-refractivity contribution < 1.29 is 43.4 Å². The standard InChI is InChI=1S/C47H72N8O9/c1-31(2)28-36(39(56)50-35(22-16-11-17-25-47(6,7)54-44(61)62)42(59)55-26-23-34(24-27-55)49-43(60)48-8)51-40(57)37(29-32-18-12-9-13-19-32)52-41(58)38(30-33-20-14-10-15-21-33)53-45(63)64-46(3,4)5/h9-10,12-15,18-21,31,34-38,54H,11,16-17,22-30H2,1-8H3,(H,50,56)(H,51,57)(H,52,58)(H,53,63)(H,61,62)(H2,48,49,60)/t35-,36-,37-,38-/m1/s1. The third-order valence-corrected chi connectivity index (χ3v) is 10.8. The molecule has 0 aliphatic carbocycles. The number of nitrogens with zero attached hydrogens (tertiary/aromatic N) is 1. The number of ether oxygens (including phenoxy) is 1. The predicted molar refractivity (Wildman–Crippen MR) is 244 cm³/mol. The lowest BCUT2D eigenvalue weighted by atomic mass is 9.95. The van der Waals surface area contributed by atoms with Crippen LogP contribution in [0.5, 0.6) is 0 Å². The number of nitrogens with one attached hydrogen (secondary N) is 7. The van der Waals surface area contributed by atoms with E-state index in [-0.39, 0.29) is 43.2 Å². The number of carboxylic acid groups (broad SMARTS) is 1. The Morgan fingerprint density at radius 1 is 0.703 bits per heavy atom. The average molecular weight is 893 g/mol. The van der Waals surface area contributed by atoms with Crippen LogP contribution in [0, 0.1) is 5.92 Å². The van der Waals surface area contributed by atoms with Crippen molar-refractivity contribution >= 4 is 41.8 Å². The van der Waals surface area contributed by atoms with Crippen molar-refractivity contribution in [2.24, 2.45) is 5.92 Å². The van der Waals surface area contributed by atoms with E-state index in [4.69, 9.17) is 4.74 Å². The summed E-state index contributed by atoms with van der Waals surface area (Å²) in [6, 6.07) is 13.5. The van der Waals surface area contributed by atoms with E-state index in [9.17, 15) is 38.7 Å². The Labute approximate surface area is 378 Å². The number of likely N-dealkylation sites (tertiary alicyclic amines) is 1. The summed E-state index contributed by atoms with van der Waals surface area (Å²) >= 11 is 0. The molecule has 4 atom stereocenters. The molecule has 8 amide bonds. The van der Waals surface area contributed by atoms with Crippen molar-refractivity contribution in [2.45, 2.75) is 154 Å². The lowest BCUT2D eigenvalue weighted by Crippen LogP contribution is -2.59. The van der Waals surface area contributed by atoms with Gasteiger partial charge < -0.3 is 52.0 Å². The van der Waals surface area contributed by atoms with Crippen LogP contribution in [0.25, 0.3) is 0 Å². The Kier molecular flexibility index (Phi) is 20.9. The number of alkyl carbamates (subject to hydrolysis) is 1. The summed E-state index contributed by atoms with van der Waals surface area (Å²) in [6.07, 6.45) is 2.36. The van der Waals surface area contributed by atoms with Gasteiger partial charge in [-0.1, -0.05) is 93.8 Å². The van der Waals surface area contributed by atoms with Gasteiger partial charge in [-0.25, -0.2) is 14.4 Å². The van der Waals surface area contributed by atoms with E-state index in [1.807, 2.05) is 74.5 Å². The molecule has 0 radical (unpaired) electrons. The number of rotatable bonds is 22. The second-order valence-corrected chi connectivity index (χ2v) is 18.6. The molecule has 0 saturated carbocycles. The summed E-state index contributed by atoms with van der Waals surface area (Å²) in [5.41, 5.74) is 0.0442. The van der Waals surface area contributed by atoms with E-state index in [1.54, 1.807) is 39.5 Å². The maximum Gasteiger partial charge on any atom is 0.408 e. The van der Waals surface area contributed by atoms with Crippen LogP contribution in [-0.2, 0) is 36.8 Å². The first-order valence-corrected chi connectivity index (χ1v) is 22.4. The molecule has 0 aromatic heterocycles. The Balaban J connectivity index is 1.85. The molecule has 2 aromatic carbocycles. The second-order valence-electron chi connectivity index (χ2n) is 18.6. The number of carbonyl (C=O) groups is 7. The van der Waals surface area contributed by atoms with Crippen molar-refractivity contribution in [3.05, 3.63) is 71.8 Å². The summed E-state index contributed by atoms with van der Waals surface area (Å²) < 4.78 is 5.47. The Hall–Kier alpha value is -5.87. The van der Waals surface area contributed by atoms with Crippen LogP contribution in [0.3, 0.4) is 0 Å². The van der Waals surface area contributed by atoms with Gasteiger partial charge in [-0.15, -0.1) is 0 Å². The Morgan fingerprint density at radius 3 is 1.70 bits per heavy atom. The van der Waals surface area contributed by atoms with Gasteiger partial charge in [0.15, 0.2) is 0 Å². The fourth-order valence-corrected chi connectivity index (χ4v) is 7.51. The third kappa shape index (κ3) is 19.7. The third-order valence-electron chi connectivity index (χ3n) is 10.8. The first-order valence-electron chi connectivity index (χ1n) is 22.4. The predicted octanol–water partition coefficient (Wildman–Crippen LogP) is 4.78. The van der Waals surface area contributed by atoms with Gasteiger partial charge in [-0.05, 0) is 83.8 Å². The molecule has 17 nitrogen and oxygen atoms in total. The van der Waals surface area contributed by atoms with E-state index < -0.39 is 65.2 Å². The minimum absolute atomic E-state index is 0.0599. The van der Waals surface area contributed by atoms with Gasteiger partial charge in [0.2, 0.25) is 23.6 Å².